The van der Waals surface area contributed by atoms with E-state index in [0.29, 0.717) is 0 Å². The van der Waals surface area contributed by atoms with Crippen LogP contribution < -0.4 is 21.9 Å². The van der Waals surface area contributed by atoms with Gasteiger partial charge in [-0.2, -0.15) is 0 Å². The number of nitrogens with one attached hydrogen (secondary N) is 3. The van der Waals surface area contributed by atoms with E-state index in [4.69, 9.17) is 4.74 Å². The number of aliphatic hydroxyl groups excluding tert-OH is 2. The Kier molecular flexibility index (Phi) is 7.70. The lowest BCUT2D eigenvalue weighted by Gasteiger charge is -2.14. The molecular formula is C19H24N6O7. The topological polar surface area (TPSA) is 181 Å². The highest BCUT2D eigenvalue weighted by Gasteiger charge is 2.35. The second kappa shape index (κ2) is 10.7. The van der Waals surface area contributed by atoms with Crippen molar-refractivity contribution in [1.82, 2.24) is 29.7 Å². The minimum absolute atomic E-state index is 0.0268. The van der Waals surface area contributed by atoms with Crippen LogP contribution in [0.25, 0.3) is 6.08 Å². The van der Waals surface area contributed by atoms with Crippen molar-refractivity contribution in [1.29, 1.82) is 0 Å². The van der Waals surface area contributed by atoms with E-state index < -0.39 is 42.2 Å². The maximum atomic E-state index is 12.1. The van der Waals surface area contributed by atoms with Crippen molar-refractivity contribution in [3.05, 3.63) is 57.4 Å². The number of hydrogen-bond acceptors (Lipinski definition) is 8. The summed E-state index contributed by atoms with van der Waals surface area (Å²) in [4.78, 5) is 53.8. The van der Waals surface area contributed by atoms with E-state index in [9.17, 15) is 29.4 Å². The number of amides is 2. The van der Waals surface area contributed by atoms with Gasteiger partial charge in [0.05, 0.1) is 24.6 Å². The summed E-state index contributed by atoms with van der Waals surface area (Å²) in [5, 5.41) is 24.2. The molecule has 2 aromatic heterocycles. The van der Waals surface area contributed by atoms with Crippen LogP contribution >= 0.6 is 0 Å². The molecule has 3 heterocycles. The van der Waals surface area contributed by atoms with Crippen LogP contribution in [-0.2, 0) is 20.9 Å². The number of rotatable bonds is 9. The summed E-state index contributed by atoms with van der Waals surface area (Å²) in [5.74, 6) is -0.733. The second-order valence-corrected chi connectivity index (χ2v) is 7.08. The Hall–Kier alpha value is -3.55. The molecule has 0 unspecified atom stereocenters. The van der Waals surface area contributed by atoms with Gasteiger partial charge in [0.1, 0.15) is 18.9 Å². The third kappa shape index (κ3) is 6.00. The number of H-pyrrole nitrogens is 1. The Bertz CT molecular complexity index is 1070. The summed E-state index contributed by atoms with van der Waals surface area (Å²) < 4.78 is 8.12. The highest BCUT2D eigenvalue weighted by molar-refractivity contribution is 5.91. The lowest BCUT2D eigenvalue weighted by atomic mass is 10.2. The third-order valence-electron chi connectivity index (χ3n) is 4.74. The van der Waals surface area contributed by atoms with E-state index in [1.54, 1.807) is 17.0 Å². The molecule has 0 spiro atoms. The van der Waals surface area contributed by atoms with Gasteiger partial charge in [0, 0.05) is 44.2 Å². The molecule has 2 aromatic rings. The molecule has 1 fully saturated rings. The average Bonchev–Trinajstić information content (AvgIpc) is 3.39. The number of imidazole rings is 1. The van der Waals surface area contributed by atoms with Crippen LogP contribution in [0.15, 0.2) is 40.6 Å². The van der Waals surface area contributed by atoms with Gasteiger partial charge in [-0.25, -0.2) is 9.78 Å². The van der Waals surface area contributed by atoms with E-state index in [2.05, 4.69) is 20.6 Å². The van der Waals surface area contributed by atoms with Gasteiger partial charge in [-0.15, -0.1) is 0 Å². The Balaban J connectivity index is 1.52. The summed E-state index contributed by atoms with van der Waals surface area (Å²) in [6.45, 7) is 0.0941. The lowest BCUT2D eigenvalue weighted by Crippen LogP contribution is -2.35. The Morgan fingerprint density at radius 2 is 2.09 bits per heavy atom. The van der Waals surface area contributed by atoms with Crippen molar-refractivity contribution < 1.29 is 24.5 Å². The van der Waals surface area contributed by atoms with Gasteiger partial charge in [0.2, 0.25) is 11.8 Å². The van der Waals surface area contributed by atoms with Crippen LogP contribution in [0, 0.1) is 0 Å². The van der Waals surface area contributed by atoms with Crippen LogP contribution in [0.2, 0.25) is 0 Å². The minimum atomic E-state index is -0.950. The summed E-state index contributed by atoms with van der Waals surface area (Å²) in [6.07, 6.45) is 5.73. The fourth-order valence-electron chi connectivity index (χ4n) is 3.10. The Morgan fingerprint density at radius 3 is 2.78 bits per heavy atom. The zero-order valence-electron chi connectivity index (χ0n) is 17.0. The molecule has 32 heavy (non-hydrogen) atoms. The summed E-state index contributed by atoms with van der Waals surface area (Å²) in [7, 11) is 0. The van der Waals surface area contributed by atoms with Crippen LogP contribution in [0.3, 0.4) is 0 Å². The van der Waals surface area contributed by atoms with Crippen molar-refractivity contribution in [2.24, 2.45) is 0 Å². The number of aliphatic hydroxyl groups is 2. The molecule has 13 heteroatoms. The first kappa shape index (κ1) is 23.1. The highest BCUT2D eigenvalue weighted by Crippen LogP contribution is 2.27. The predicted octanol–water partition coefficient (Wildman–Crippen LogP) is -2.68. The molecule has 3 atom stereocenters. The first-order valence-corrected chi connectivity index (χ1v) is 9.85. The maximum Gasteiger partial charge on any atom is 0.330 e. The Morgan fingerprint density at radius 1 is 1.31 bits per heavy atom. The van der Waals surface area contributed by atoms with E-state index >= 15 is 0 Å². The number of ether oxygens (including phenoxy) is 1. The Labute approximate surface area is 181 Å². The lowest BCUT2D eigenvalue weighted by molar-refractivity contribution is -0.122. The van der Waals surface area contributed by atoms with Gasteiger partial charge in [-0.05, 0) is 6.08 Å². The molecule has 13 nitrogen and oxygen atoms in total. The number of aromatic amines is 1. The fourth-order valence-corrected chi connectivity index (χ4v) is 3.10. The summed E-state index contributed by atoms with van der Waals surface area (Å²) in [6, 6.07) is 0. The maximum absolute atomic E-state index is 12.1. The van der Waals surface area contributed by atoms with Gasteiger partial charge in [0.25, 0.3) is 5.56 Å². The van der Waals surface area contributed by atoms with Crippen molar-refractivity contribution in [2.75, 3.05) is 19.7 Å². The molecule has 0 aliphatic carbocycles. The van der Waals surface area contributed by atoms with E-state index in [0.717, 1.165) is 10.6 Å². The van der Waals surface area contributed by atoms with Crippen LogP contribution in [-0.4, -0.2) is 73.0 Å². The standard InChI is InChI=1S/C19H24N6O7/c26-10-14-13(27)7-17(32-14)25-8-12(18(30)23-19(25)31)1-2-15(28)21-3-4-22-16(29)9-24-6-5-20-11-24/h1-2,5-6,8,11,13-14,17,26-27H,3-4,7,9-10H2,(H,21,28)(H,22,29)(H,23,30,31)/b2-1+/t13-,14+,17+/m0/s1. The zero-order chi connectivity index (χ0) is 23.1. The quantitative estimate of drug-likeness (QED) is 0.203. The molecule has 3 rings (SSSR count). The normalized spacial score (nSPS) is 20.5. The first-order valence-electron chi connectivity index (χ1n) is 9.85. The van der Waals surface area contributed by atoms with Gasteiger partial charge >= 0.3 is 5.69 Å². The smallest absolute Gasteiger partial charge is 0.330 e. The van der Waals surface area contributed by atoms with E-state index in [-0.39, 0.29) is 37.5 Å². The van der Waals surface area contributed by atoms with Gasteiger partial charge in [0.15, 0.2) is 0 Å². The van der Waals surface area contributed by atoms with Crippen molar-refractivity contribution in [3.8, 4) is 0 Å². The summed E-state index contributed by atoms with van der Waals surface area (Å²) in [5.41, 5.74) is -1.41. The van der Waals surface area contributed by atoms with Crippen molar-refractivity contribution in [3.63, 3.8) is 0 Å². The van der Waals surface area contributed by atoms with Crippen molar-refractivity contribution >= 4 is 17.9 Å². The number of hydrogen-bond donors (Lipinski definition) is 5. The molecule has 1 aliphatic heterocycles. The molecule has 0 saturated carbocycles. The minimum Gasteiger partial charge on any atom is -0.394 e. The summed E-state index contributed by atoms with van der Waals surface area (Å²) >= 11 is 0. The molecule has 0 radical (unpaired) electrons. The molecule has 1 saturated heterocycles. The molecule has 172 valence electrons. The number of nitrogens with zero attached hydrogens (tertiary/aromatic N) is 3. The van der Waals surface area contributed by atoms with Crippen LogP contribution in [0.5, 0.6) is 0 Å². The van der Waals surface area contributed by atoms with Gasteiger partial charge < -0.3 is 30.2 Å². The second-order valence-electron chi connectivity index (χ2n) is 7.08. The average molecular weight is 448 g/mol. The number of aromatic nitrogens is 4. The SMILES string of the molecule is O=C(/C=C/c1cn([C@H]2C[C@H](O)[C@@H](CO)O2)c(=O)[nH]c1=O)NCCNC(=O)Cn1ccnc1. The number of carbonyl (C=O) groups is 2. The van der Waals surface area contributed by atoms with E-state index in [1.807, 2.05) is 0 Å². The van der Waals surface area contributed by atoms with Crippen molar-refractivity contribution in [2.45, 2.75) is 31.4 Å². The van der Waals surface area contributed by atoms with Crippen LogP contribution in [0.4, 0.5) is 0 Å². The molecule has 0 bridgehead atoms. The first-order chi connectivity index (χ1) is 15.4. The predicted molar refractivity (Wildman–Crippen MR) is 110 cm³/mol. The van der Waals surface area contributed by atoms with E-state index in [1.165, 1.54) is 18.6 Å². The highest BCUT2D eigenvalue weighted by atomic mass is 16.5. The molecule has 1 aliphatic rings. The van der Waals surface area contributed by atoms with Crippen LogP contribution in [0.1, 0.15) is 18.2 Å². The van der Waals surface area contributed by atoms with Gasteiger partial charge in [-0.3, -0.25) is 23.9 Å². The fraction of sp³-hybridized carbons (Fsp3) is 0.421. The van der Waals surface area contributed by atoms with Gasteiger partial charge in [-0.1, -0.05) is 0 Å². The molecular weight excluding hydrogens is 424 g/mol. The molecule has 2 amide bonds. The monoisotopic (exact) mass is 448 g/mol. The largest absolute Gasteiger partial charge is 0.394 e. The molecule has 0 aromatic carbocycles. The zero-order valence-corrected chi connectivity index (χ0v) is 17.0. The molecule has 5 N–H and O–H groups in total. The number of carbonyl (C=O) groups excluding carboxylic acids is 2. The third-order valence-corrected chi connectivity index (χ3v) is 4.74.